The van der Waals surface area contributed by atoms with Crippen molar-refractivity contribution in [2.75, 3.05) is 19.5 Å². The molecule has 0 amide bonds. The van der Waals surface area contributed by atoms with Crippen LogP contribution in [0.25, 0.3) is 0 Å². The van der Waals surface area contributed by atoms with Crippen molar-refractivity contribution in [1.29, 1.82) is 0 Å². The molecule has 2 aliphatic heterocycles. The van der Waals surface area contributed by atoms with Crippen LogP contribution in [0.5, 0.6) is 5.75 Å². The first-order valence-electron chi connectivity index (χ1n) is 11.7. The predicted octanol–water partition coefficient (Wildman–Crippen LogP) is 3.69. The number of oxazole rings is 1. The van der Waals surface area contributed by atoms with Crippen LogP contribution in [0.4, 0.5) is 0 Å². The molecule has 7 nitrogen and oxygen atoms in total. The third-order valence-electron chi connectivity index (χ3n) is 7.22. The van der Waals surface area contributed by atoms with E-state index in [1.54, 1.807) is 6.26 Å². The number of aromatic nitrogens is 1. The highest BCUT2D eigenvalue weighted by Crippen LogP contribution is 2.43. The van der Waals surface area contributed by atoms with Gasteiger partial charge in [0.2, 0.25) is 15.9 Å². The Morgan fingerprint density at radius 2 is 2.00 bits per heavy atom. The largest absolute Gasteiger partial charge is 0.493 e. The lowest BCUT2D eigenvalue weighted by Gasteiger charge is -2.33. The van der Waals surface area contributed by atoms with Crippen molar-refractivity contribution >= 4 is 10.0 Å². The molecular weight excluding hydrogens is 428 g/mol. The summed E-state index contributed by atoms with van der Waals surface area (Å²) in [7, 11) is -3.27. The number of ether oxygens (including phenoxy) is 2. The summed E-state index contributed by atoms with van der Waals surface area (Å²) in [6, 6.07) is 8.34. The normalized spacial score (nSPS) is 31.0. The summed E-state index contributed by atoms with van der Waals surface area (Å²) in [5, 5.41) is 0. The van der Waals surface area contributed by atoms with Gasteiger partial charge >= 0.3 is 0 Å². The van der Waals surface area contributed by atoms with Crippen LogP contribution in [0.2, 0.25) is 0 Å². The monoisotopic (exact) mass is 460 g/mol. The van der Waals surface area contributed by atoms with Crippen molar-refractivity contribution in [3.63, 3.8) is 0 Å². The van der Waals surface area contributed by atoms with Gasteiger partial charge in [0.05, 0.1) is 36.7 Å². The van der Waals surface area contributed by atoms with Crippen LogP contribution >= 0.6 is 0 Å². The van der Waals surface area contributed by atoms with E-state index in [4.69, 9.17) is 18.9 Å². The minimum atomic E-state index is -3.27. The molecule has 2 aliphatic carbocycles. The van der Waals surface area contributed by atoms with Gasteiger partial charge in [-0.15, -0.1) is 0 Å². The van der Waals surface area contributed by atoms with Crippen LogP contribution in [-0.2, 0) is 26.6 Å². The first-order chi connectivity index (χ1) is 15.4. The van der Waals surface area contributed by atoms with Gasteiger partial charge in [0, 0.05) is 12.5 Å². The van der Waals surface area contributed by atoms with Crippen molar-refractivity contribution in [3.05, 3.63) is 47.7 Å². The molecular formula is C24H32N2O5S. The lowest BCUT2D eigenvalue weighted by Crippen LogP contribution is -2.37. The van der Waals surface area contributed by atoms with Crippen molar-refractivity contribution in [3.8, 4) is 5.75 Å². The van der Waals surface area contributed by atoms with Crippen molar-refractivity contribution in [1.82, 2.24) is 9.71 Å². The topological polar surface area (TPSA) is 90.7 Å². The Bertz CT molecular complexity index is 1040. The number of benzene rings is 1. The highest BCUT2D eigenvalue weighted by Gasteiger charge is 2.46. The van der Waals surface area contributed by atoms with Gasteiger partial charge in [0.1, 0.15) is 12.0 Å². The summed E-state index contributed by atoms with van der Waals surface area (Å²) >= 11 is 0. The quantitative estimate of drug-likeness (QED) is 0.735. The van der Waals surface area contributed by atoms with Crippen LogP contribution in [0.15, 0.2) is 34.9 Å². The summed E-state index contributed by atoms with van der Waals surface area (Å²) in [6.07, 6.45) is 10.2. The summed E-state index contributed by atoms with van der Waals surface area (Å²) in [5.41, 5.74) is 1.79. The molecule has 2 aromatic rings. The van der Waals surface area contributed by atoms with E-state index >= 15 is 0 Å². The van der Waals surface area contributed by atoms with Gasteiger partial charge < -0.3 is 13.9 Å². The number of nitrogens with zero attached hydrogens (tertiary/aromatic N) is 1. The Hall–Kier alpha value is -1.90. The average molecular weight is 461 g/mol. The number of hydrogen-bond acceptors (Lipinski definition) is 6. The van der Waals surface area contributed by atoms with Gasteiger partial charge in [-0.25, -0.2) is 18.1 Å². The summed E-state index contributed by atoms with van der Waals surface area (Å²) in [6.45, 7) is 1.04. The maximum absolute atomic E-state index is 11.8. The van der Waals surface area contributed by atoms with Gasteiger partial charge in [-0.05, 0) is 68.6 Å². The first kappa shape index (κ1) is 21.9. The standard InChI is InChI=1S/C24H32N2O5S/c1-32(27,28)26-19-9-11-24(14-19)16-31-21-7-5-17(6-8-21)18-3-2-4-22(13-18)29-12-10-20-15-30-23(24)25-20/h2-4,13,15,17,19,21,26H,5-12,14,16H2,1H3/t17?,19-,21?,24+/m0/s1. The lowest BCUT2D eigenvalue weighted by molar-refractivity contribution is -0.0101. The maximum atomic E-state index is 11.8. The number of nitrogens with one attached hydrogen (secondary N) is 1. The molecule has 2 atom stereocenters. The van der Waals surface area contributed by atoms with E-state index in [9.17, 15) is 8.42 Å². The minimum absolute atomic E-state index is 0.126. The molecule has 1 N–H and O–H groups in total. The third kappa shape index (κ3) is 4.87. The molecule has 1 spiro atoms. The van der Waals surface area contributed by atoms with E-state index in [0.717, 1.165) is 50.0 Å². The van der Waals surface area contributed by atoms with Gasteiger partial charge in [0.15, 0.2) is 0 Å². The zero-order valence-electron chi connectivity index (χ0n) is 18.6. The van der Waals surface area contributed by atoms with Crippen LogP contribution in [0.1, 0.15) is 68.0 Å². The molecule has 32 heavy (non-hydrogen) atoms. The van der Waals surface area contributed by atoms with Crippen molar-refractivity contribution < 1.29 is 22.3 Å². The van der Waals surface area contributed by atoms with Crippen LogP contribution in [0.3, 0.4) is 0 Å². The molecule has 8 heteroatoms. The molecule has 0 radical (unpaired) electrons. The highest BCUT2D eigenvalue weighted by molar-refractivity contribution is 7.88. The van der Waals surface area contributed by atoms with Gasteiger partial charge in [-0.1, -0.05) is 12.1 Å². The van der Waals surface area contributed by atoms with Gasteiger partial charge in [0.25, 0.3) is 0 Å². The Morgan fingerprint density at radius 3 is 2.81 bits per heavy atom. The Labute approximate surface area is 189 Å². The fourth-order valence-electron chi connectivity index (χ4n) is 5.55. The molecule has 2 fully saturated rings. The molecule has 6 bridgehead atoms. The Morgan fingerprint density at radius 1 is 1.16 bits per heavy atom. The summed E-state index contributed by atoms with van der Waals surface area (Å²) < 4.78 is 44.8. The highest BCUT2D eigenvalue weighted by atomic mass is 32.2. The van der Waals surface area contributed by atoms with Gasteiger partial charge in [-0.3, -0.25) is 0 Å². The van der Waals surface area contributed by atoms with Crippen molar-refractivity contribution in [2.45, 2.75) is 74.8 Å². The molecule has 1 aromatic heterocycles. The molecule has 4 aliphatic rings. The number of hydrogen-bond donors (Lipinski definition) is 1. The third-order valence-corrected chi connectivity index (χ3v) is 7.98. The second-order valence-corrected chi connectivity index (χ2v) is 11.5. The molecule has 0 unspecified atom stereocenters. The first-order valence-corrected chi connectivity index (χ1v) is 13.5. The second-order valence-electron chi connectivity index (χ2n) is 9.71. The number of rotatable bonds is 2. The fraction of sp³-hybridized carbons (Fsp3) is 0.625. The predicted molar refractivity (Wildman–Crippen MR) is 120 cm³/mol. The smallest absolute Gasteiger partial charge is 0.208 e. The number of fused-ring (bicyclic) bond motifs is 5. The summed E-state index contributed by atoms with van der Waals surface area (Å²) in [4.78, 5) is 4.79. The molecule has 1 aromatic carbocycles. The Kier molecular flexibility index (Phi) is 6.03. The van der Waals surface area contributed by atoms with Crippen LogP contribution in [0, 0.1) is 0 Å². The van der Waals surface area contributed by atoms with E-state index in [1.807, 2.05) is 6.07 Å². The van der Waals surface area contributed by atoms with Gasteiger partial charge in [-0.2, -0.15) is 0 Å². The average Bonchev–Trinajstić information content (AvgIpc) is 3.39. The molecule has 174 valence electrons. The van der Waals surface area contributed by atoms with E-state index < -0.39 is 15.4 Å². The van der Waals surface area contributed by atoms with Crippen LogP contribution < -0.4 is 9.46 Å². The zero-order valence-corrected chi connectivity index (χ0v) is 19.4. The lowest BCUT2D eigenvalue weighted by atomic mass is 9.82. The SMILES string of the molecule is CS(=O)(=O)N[C@H]1CC[C@]2(COC3CCC(CC3)c3cccc(c3)OCCc3coc2n3)C1. The molecule has 0 saturated heterocycles. The molecule has 3 heterocycles. The van der Waals surface area contributed by atoms with E-state index in [2.05, 4.69) is 22.9 Å². The molecule has 2 saturated carbocycles. The van der Waals surface area contributed by atoms with E-state index in [-0.39, 0.29) is 12.1 Å². The Balaban J connectivity index is 1.40. The zero-order chi connectivity index (χ0) is 22.2. The number of sulfonamides is 1. The minimum Gasteiger partial charge on any atom is -0.493 e. The molecule has 6 rings (SSSR count). The van der Waals surface area contributed by atoms with Crippen LogP contribution in [-0.4, -0.2) is 45.0 Å². The second kappa shape index (κ2) is 8.80. The van der Waals surface area contributed by atoms with Crippen molar-refractivity contribution in [2.24, 2.45) is 0 Å². The van der Waals surface area contributed by atoms with E-state index in [0.29, 0.717) is 37.9 Å². The van der Waals surface area contributed by atoms with E-state index in [1.165, 1.54) is 11.8 Å². The maximum Gasteiger partial charge on any atom is 0.208 e. The summed E-state index contributed by atoms with van der Waals surface area (Å²) in [5.74, 6) is 2.11. The fourth-order valence-corrected chi connectivity index (χ4v) is 6.36.